The van der Waals surface area contributed by atoms with Crippen LogP contribution >= 0.6 is 11.6 Å². The Morgan fingerprint density at radius 3 is 1.71 bits per heavy atom. The minimum atomic E-state index is -0.893. The van der Waals surface area contributed by atoms with E-state index in [-0.39, 0.29) is 58.6 Å². The molecule has 0 saturated heterocycles. The Morgan fingerprint density at radius 1 is 0.690 bits per heavy atom. The van der Waals surface area contributed by atoms with E-state index in [1.807, 2.05) is 24.3 Å². The largest absolute Gasteiger partial charge is 0.458 e. The number of aliphatic imine (C=N–C) groups is 1. The van der Waals surface area contributed by atoms with Crippen molar-refractivity contribution in [2.24, 2.45) is 4.99 Å². The van der Waals surface area contributed by atoms with Crippen molar-refractivity contribution < 1.29 is 42.9 Å². The number of nitrogens with zero attached hydrogens (tertiary/aromatic N) is 1. The van der Waals surface area contributed by atoms with Gasteiger partial charge in [0.25, 0.3) is 0 Å². The molecule has 0 fully saturated rings. The third kappa shape index (κ3) is 17.0. The molecule has 3 aromatic carbocycles. The summed E-state index contributed by atoms with van der Waals surface area (Å²) in [5.41, 5.74) is 0.773. The topological polar surface area (TPSA) is 171 Å². The van der Waals surface area contributed by atoms with Gasteiger partial charge in [-0.25, -0.2) is 24.2 Å². The molecule has 3 rings (SSSR count). The SMILES string of the molecule is CC(C)(C)OC(=O)NC(=Nc1ccc(C(=O)Oc2ccc(CCC(=O)N[C@@H](Cc3ccc(C(C)(C)C)cc3)C(=O)OC(C)(C)C)c(Cl)c2)cc1)NC(=O)OC(C)(C)C. The molecule has 0 aliphatic rings. The van der Waals surface area contributed by atoms with Gasteiger partial charge >= 0.3 is 24.1 Å². The fraction of sp³-hybridized carbons (Fsp3) is 0.455. The summed E-state index contributed by atoms with van der Waals surface area (Å²) in [5.74, 6) is -1.63. The predicted octanol–water partition coefficient (Wildman–Crippen LogP) is 8.90. The van der Waals surface area contributed by atoms with Gasteiger partial charge in [0.15, 0.2) is 0 Å². The van der Waals surface area contributed by atoms with Crippen molar-refractivity contribution in [2.75, 3.05) is 0 Å². The fourth-order valence-electron chi connectivity index (χ4n) is 5.11. The molecule has 14 heteroatoms. The summed E-state index contributed by atoms with van der Waals surface area (Å²) in [6.07, 6.45) is -1.14. The molecule has 0 bridgehead atoms. The molecule has 0 aliphatic carbocycles. The van der Waals surface area contributed by atoms with Gasteiger partial charge in [0.2, 0.25) is 11.9 Å². The van der Waals surface area contributed by atoms with Crippen LogP contribution in [0.3, 0.4) is 0 Å². The van der Waals surface area contributed by atoms with E-state index in [9.17, 15) is 24.0 Å². The molecule has 0 radical (unpaired) electrons. The van der Waals surface area contributed by atoms with E-state index in [0.29, 0.717) is 5.56 Å². The Labute approximate surface area is 346 Å². The van der Waals surface area contributed by atoms with E-state index < -0.39 is 47.0 Å². The normalized spacial score (nSPS) is 12.4. The number of nitrogens with one attached hydrogen (secondary N) is 3. The standard InChI is InChI=1S/C44H57ClN4O9/c1-41(2,3)30-19-13-27(14-20-30)25-34(37(52)56-42(4,5)6)47-35(50)24-18-28-17-23-32(26-33(28)45)55-36(51)29-15-21-31(22-16-29)46-38(48-39(53)57-43(7,8)9)49-40(54)58-44(10,11)12/h13-17,19-23,26,34H,18,24-25H2,1-12H3,(H,47,50)(H2,46,48,49,53,54)/t34-/m0/s1. The number of rotatable bonds is 10. The summed E-state index contributed by atoms with van der Waals surface area (Å²) >= 11 is 6.55. The molecule has 0 saturated carbocycles. The average molecular weight is 821 g/mol. The highest BCUT2D eigenvalue weighted by atomic mass is 35.5. The molecular weight excluding hydrogens is 764 g/mol. The molecule has 3 N–H and O–H groups in total. The summed E-state index contributed by atoms with van der Waals surface area (Å²) in [6, 6.07) is 17.7. The van der Waals surface area contributed by atoms with Crippen LogP contribution in [0.2, 0.25) is 5.02 Å². The number of amides is 3. The first-order chi connectivity index (χ1) is 26.7. The van der Waals surface area contributed by atoms with Gasteiger partial charge in [-0.05, 0) is 127 Å². The predicted molar refractivity (Wildman–Crippen MR) is 224 cm³/mol. The van der Waals surface area contributed by atoms with Crippen LogP contribution in [0.25, 0.3) is 0 Å². The summed E-state index contributed by atoms with van der Waals surface area (Å²) in [6.45, 7) is 21.8. The maximum absolute atomic E-state index is 13.1. The first kappa shape index (κ1) is 46.9. The van der Waals surface area contributed by atoms with Crippen LogP contribution in [-0.4, -0.2) is 58.8 Å². The third-order valence-electron chi connectivity index (χ3n) is 7.73. The Kier molecular flexibility index (Phi) is 15.7. The van der Waals surface area contributed by atoms with Gasteiger partial charge in [0, 0.05) is 17.9 Å². The molecule has 58 heavy (non-hydrogen) atoms. The fourth-order valence-corrected chi connectivity index (χ4v) is 5.37. The summed E-state index contributed by atoms with van der Waals surface area (Å²) in [5, 5.41) is 7.93. The quantitative estimate of drug-likeness (QED) is 0.0594. The van der Waals surface area contributed by atoms with Crippen LogP contribution < -0.4 is 20.7 Å². The van der Waals surface area contributed by atoms with Crippen molar-refractivity contribution in [1.29, 1.82) is 0 Å². The number of aryl methyl sites for hydroxylation is 1. The van der Waals surface area contributed by atoms with E-state index in [0.717, 1.165) is 11.1 Å². The van der Waals surface area contributed by atoms with Gasteiger partial charge in [-0.15, -0.1) is 0 Å². The average Bonchev–Trinajstić information content (AvgIpc) is 3.05. The first-order valence-corrected chi connectivity index (χ1v) is 19.3. The van der Waals surface area contributed by atoms with Crippen molar-refractivity contribution in [3.05, 3.63) is 94.0 Å². The molecule has 314 valence electrons. The van der Waals surface area contributed by atoms with Gasteiger partial charge in [0.1, 0.15) is 28.6 Å². The first-order valence-electron chi connectivity index (χ1n) is 19.0. The maximum Gasteiger partial charge on any atom is 0.414 e. The minimum Gasteiger partial charge on any atom is -0.458 e. The number of hydrogen-bond acceptors (Lipinski definition) is 10. The molecule has 0 heterocycles. The lowest BCUT2D eigenvalue weighted by atomic mass is 9.86. The van der Waals surface area contributed by atoms with Crippen LogP contribution in [0.1, 0.15) is 117 Å². The zero-order chi connectivity index (χ0) is 43.6. The van der Waals surface area contributed by atoms with E-state index in [2.05, 4.69) is 41.7 Å². The van der Waals surface area contributed by atoms with Gasteiger partial charge in [-0.2, -0.15) is 0 Å². The Hall–Kier alpha value is -5.43. The smallest absolute Gasteiger partial charge is 0.414 e. The van der Waals surface area contributed by atoms with Crippen LogP contribution in [0.5, 0.6) is 5.75 Å². The number of ether oxygens (including phenoxy) is 4. The number of alkyl carbamates (subject to hydrolysis) is 2. The van der Waals surface area contributed by atoms with E-state index >= 15 is 0 Å². The number of halogens is 1. The third-order valence-corrected chi connectivity index (χ3v) is 8.08. The number of hydrogen-bond donors (Lipinski definition) is 3. The van der Waals surface area contributed by atoms with Gasteiger partial charge < -0.3 is 24.3 Å². The zero-order valence-corrected chi connectivity index (χ0v) is 36.3. The Bertz CT molecular complexity index is 1930. The molecule has 1 atom stereocenters. The van der Waals surface area contributed by atoms with E-state index in [4.69, 9.17) is 30.5 Å². The molecule has 3 aromatic rings. The molecular formula is C44H57ClN4O9. The molecule has 0 aliphatic heterocycles. The van der Waals surface area contributed by atoms with Crippen molar-refractivity contribution in [2.45, 2.75) is 131 Å². The van der Waals surface area contributed by atoms with Gasteiger partial charge in [-0.1, -0.05) is 62.7 Å². The van der Waals surface area contributed by atoms with Gasteiger partial charge in [-0.3, -0.25) is 15.4 Å². The number of carbonyl (C=O) groups is 5. The maximum atomic E-state index is 13.1. The lowest BCUT2D eigenvalue weighted by Gasteiger charge is -2.25. The Morgan fingerprint density at radius 2 is 1.22 bits per heavy atom. The summed E-state index contributed by atoms with van der Waals surface area (Å²) in [7, 11) is 0. The monoisotopic (exact) mass is 820 g/mol. The van der Waals surface area contributed by atoms with Crippen LogP contribution in [0.15, 0.2) is 71.7 Å². The highest BCUT2D eigenvalue weighted by molar-refractivity contribution is 6.31. The lowest BCUT2D eigenvalue weighted by Crippen LogP contribution is -2.47. The van der Waals surface area contributed by atoms with E-state index in [1.165, 1.54) is 30.3 Å². The lowest BCUT2D eigenvalue weighted by molar-refractivity contribution is -0.158. The number of guanidine groups is 1. The second kappa shape index (κ2) is 19.3. The zero-order valence-electron chi connectivity index (χ0n) is 35.5. The summed E-state index contributed by atoms with van der Waals surface area (Å²) in [4.78, 5) is 68.4. The second-order valence-corrected chi connectivity index (χ2v) is 18.1. The second-order valence-electron chi connectivity index (χ2n) is 17.7. The number of esters is 2. The molecule has 13 nitrogen and oxygen atoms in total. The van der Waals surface area contributed by atoms with Gasteiger partial charge in [0.05, 0.1) is 11.3 Å². The molecule has 0 spiro atoms. The van der Waals surface area contributed by atoms with Crippen molar-refractivity contribution in [3.8, 4) is 5.75 Å². The van der Waals surface area contributed by atoms with Crippen molar-refractivity contribution in [1.82, 2.24) is 16.0 Å². The summed E-state index contributed by atoms with van der Waals surface area (Å²) < 4.78 is 21.7. The minimum absolute atomic E-state index is 0.0245. The highest BCUT2D eigenvalue weighted by Crippen LogP contribution is 2.26. The van der Waals surface area contributed by atoms with Crippen LogP contribution in [0.4, 0.5) is 15.3 Å². The molecule has 0 unspecified atom stereocenters. The molecule has 0 aromatic heterocycles. The van der Waals surface area contributed by atoms with E-state index in [1.54, 1.807) is 74.4 Å². The van der Waals surface area contributed by atoms with Crippen molar-refractivity contribution in [3.63, 3.8) is 0 Å². The molecule has 3 amide bonds. The Balaban J connectivity index is 1.65. The number of carbonyl (C=O) groups excluding carboxylic acids is 5. The van der Waals surface area contributed by atoms with Crippen LogP contribution in [-0.2, 0) is 42.1 Å². The van der Waals surface area contributed by atoms with Crippen LogP contribution in [0, 0.1) is 0 Å². The number of benzene rings is 3. The highest BCUT2D eigenvalue weighted by Gasteiger charge is 2.28. The van der Waals surface area contributed by atoms with Crippen molar-refractivity contribution >= 4 is 53.3 Å².